The van der Waals surface area contributed by atoms with Crippen molar-refractivity contribution in [1.82, 2.24) is 19.7 Å². The molecule has 0 aliphatic rings. The Balaban J connectivity index is 1.63. The van der Waals surface area contributed by atoms with Crippen LogP contribution in [0.25, 0.3) is 5.78 Å². The Morgan fingerprint density at radius 1 is 1.27 bits per heavy atom. The van der Waals surface area contributed by atoms with Gasteiger partial charge < -0.3 is 10.4 Å². The molecule has 22 heavy (non-hydrogen) atoms. The molecule has 0 aliphatic heterocycles. The second kappa shape index (κ2) is 6.62. The van der Waals surface area contributed by atoms with E-state index in [1.807, 2.05) is 16.7 Å². The van der Waals surface area contributed by atoms with Crippen molar-refractivity contribution in [2.75, 3.05) is 6.54 Å². The van der Waals surface area contributed by atoms with Crippen LogP contribution >= 0.6 is 23.2 Å². The number of hydrogen-bond donors (Lipinski definition) is 2. The second-order valence-corrected chi connectivity index (χ2v) is 5.70. The molecule has 0 fully saturated rings. The van der Waals surface area contributed by atoms with Crippen molar-refractivity contribution < 1.29 is 5.11 Å². The average Bonchev–Trinajstić information content (AvgIpc) is 2.90. The van der Waals surface area contributed by atoms with Gasteiger partial charge >= 0.3 is 0 Å². The van der Waals surface area contributed by atoms with E-state index in [9.17, 15) is 5.11 Å². The molecule has 0 saturated carbocycles. The molecule has 0 radical (unpaired) electrons. The Labute approximate surface area is 137 Å². The lowest BCUT2D eigenvalue weighted by Gasteiger charge is -2.13. The lowest BCUT2D eigenvalue weighted by atomic mass is 10.1. The van der Waals surface area contributed by atoms with Gasteiger partial charge in [0.1, 0.15) is 0 Å². The normalized spacial score (nSPS) is 12.7. The Kier molecular flexibility index (Phi) is 4.59. The molecular weight excluding hydrogens is 323 g/mol. The molecule has 2 aromatic heterocycles. The topological polar surface area (TPSA) is 62.5 Å². The summed E-state index contributed by atoms with van der Waals surface area (Å²) >= 11 is 11.9. The number of nitrogens with one attached hydrogen (secondary N) is 1. The maximum Gasteiger partial charge on any atom is 0.233 e. The summed E-state index contributed by atoms with van der Waals surface area (Å²) in [5.74, 6) is 0.653. The van der Waals surface area contributed by atoms with E-state index < -0.39 is 6.10 Å². The van der Waals surface area contributed by atoms with Crippen LogP contribution in [0.5, 0.6) is 0 Å². The molecule has 0 amide bonds. The van der Waals surface area contributed by atoms with Crippen LogP contribution in [0.1, 0.15) is 17.4 Å². The van der Waals surface area contributed by atoms with Gasteiger partial charge in [0.25, 0.3) is 0 Å². The van der Waals surface area contributed by atoms with Gasteiger partial charge in [0, 0.05) is 41.1 Å². The number of aliphatic hydroxyl groups excluding tert-OH is 1. The second-order valence-electron chi connectivity index (χ2n) is 4.85. The molecule has 1 aromatic carbocycles. The molecule has 114 valence electrons. The van der Waals surface area contributed by atoms with Crippen LogP contribution in [0.4, 0.5) is 0 Å². The van der Waals surface area contributed by atoms with Crippen molar-refractivity contribution in [3.8, 4) is 0 Å². The molecule has 3 rings (SSSR count). The van der Waals surface area contributed by atoms with Gasteiger partial charge in [0.2, 0.25) is 5.78 Å². The van der Waals surface area contributed by atoms with Crippen LogP contribution in [0.2, 0.25) is 10.0 Å². The molecule has 0 spiro atoms. The number of halogens is 2. The van der Waals surface area contributed by atoms with E-state index in [1.165, 1.54) is 0 Å². The lowest BCUT2D eigenvalue weighted by Crippen LogP contribution is -2.22. The van der Waals surface area contributed by atoms with E-state index in [1.54, 1.807) is 30.6 Å². The molecule has 5 nitrogen and oxygen atoms in total. The van der Waals surface area contributed by atoms with Gasteiger partial charge in [-0.1, -0.05) is 29.3 Å². The fourth-order valence-electron chi connectivity index (χ4n) is 2.23. The fraction of sp³-hybridized carbons (Fsp3) is 0.200. The molecule has 0 bridgehead atoms. The summed E-state index contributed by atoms with van der Waals surface area (Å²) in [7, 11) is 0. The van der Waals surface area contributed by atoms with Gasteiger partial charge in [-0.05, 0) is 18.2 Å². The Bertz CT molecular complexity index is 790. The van der Waals surface area contributed by atoms with Crippen LogP contribution in [0.15, 0.2) is 42.9 Å². The number of benzene rings is 1. The first-order valence-electron chi connectivity index (χ1n) is 6.76. The zero-order chi connectivity index (χ0) is 15.5. The van der Waals surface area contributed by atoms with Gasteiger partial charge in [0.05, 0.1) is 18.0 Å². The van der Waals surface area contributed by atoms with Crippen molar-refractivity contribution in [1.29, 1.82) is 0 Å². The van der Waals surface area contributed by atoms with Gasteiger partial charge in [-0.15, -0.1) is 0 Å². The molecular formula is C15H14Cl2N4O. The highest BCUT2D eigenvalue weighted by atomic mass is 35.5. The minimum atomic E-state index is -0.706. The Morgan fingerprint density at radius 3 is 2.95 bits per heavy atom. The minimum absolute atomic E-state index is 0.370. The fourth-order valence-corrected chi connectivity index (χ4v) is 2.76. The highest BCUT2D eigenvalue weighted by molar-refractivity contribution is 6.35. The molecule has 3 aromatic rings. The Hall–Kier alpha value is -1.66. The Morgan fingerprint density at radius 2 is 2.14 bits per heavy atom. The molecule has 1 atom stereocenters. The van der Waals surface area contributed by atoms with Crippen LogP contribution in [-0.4, -0.2) is 26.0 Å². The van der Waals surface area contributed by atoms with Gasteiger partial charge in [-0.3, -0.25) is 4.40 Å². The largest absolute Gasteiger partial charge is 0.387 e. The highest BCUT2D eigenvalue weighted by Gasteiger charge is 2.12. The van der Waals surface area contributed by atoms with Gasteiger partial charge in [-0.2, -0.15) is 0 Å². The molecule has 2 heterocycles. The first-order chi connectivity index (χ1) is 10.6. The summed E-state index contributed by atoms with van der Waals surface area (Å²) < 4.78 is 1.90. The third kappa shape index (κ3) is 3.23. The first kappa shape index (κ1) is 15.2. The summed E-state index contributed by atoms with van der Waals surface area (Å²) in [6, 6.07) is 6.91. The maximum atomic E-state index is 10.2. The van der Waals surface area contributed by atoms with Crippen LogP contribution in [0, 0.1) is 0 Å². The van der Waals surface area contributed by atoms with Crippen molar-refractivity contribution in [2.45, 2.75) is 12.6 Å². The van der Waals surface area contributed by atoms with E-state index in [0.29, 0.717) is 34.5 Å². The number of rotatable bonds is 5. The van der Waals surface area contributed by atoms with E-state index in [2.05, 4.69) is 15.3 Å². The third-order valence-electron chi connectivity index (χ3n) is 3.33. The SMILES string of the molecule is OC(CNCc1cnc2ncccn12)c1ccc(Cl)cc1Cl. The van der Waals surface area contributed by atoms with E-state index in [-0.39, 0.29) is 0 Å². The van der Waals surface area contributed by atoms with Crippen LogP contribution in [0.3, 0.4) is 0 Å². The lowest BCUT2D eigenvalue weighted by molar-refractivity contribution is 0.174. The van der Waals surface area contributed by atoms with Crippen LogP contribution < -0.4 is 5.32 Å². The van der Waals surface area contributed by atoms with Gasteiger partial charge in [0.15, 0.2) is 0 Å². The van der Waals surface area contributed by atoms with Crippen molar-refractivity contribution >= 4 is 29.0 Å². The molecule has 2 N–H and O–H groups in total. The van der Waals surface area contributed by atoms with Gasteiger partial charge in [-0.25, -0.2) is 9.97 Å². The summed E-state index contributed by atoms with van der Waals surface area (Å²) in [5.41, 5.74) is 1.62. The zero-order valence-electron chi connectivity index (χ0n) is 11.6. The molecule has 7 heteroatoms. The average molecular weight is 337 g/mol. The van der Waals surface area contributed by atoms with E-state index >= 15 is 0 Å². The standard InChI is InChI=1S/C15H14Cl2N4O/c16-10-2-3-12(13(17)6-10)14(22)9-18-7-11-8-20-15-19-4-1-5-21(11)15/h1-6,8,14,18,22H,7,9H2. The van der Waals surface area contributed by atoms with Crippen molar-refractivity contribution in [3.05, 3.63) is 64.2 Å². The smallest absolute Gasteiger partial charge is 0.233 e. The van der Waals surface area contributed by atoms with E-state index in [0.717, 1.165) is 5.69 Å². The van der Waals surface area contributed by atoms with Crippen molar-refractivity contribution in [3.63, 3.8) is 0 Å². The first-order valence-corrected chi connectivity index (χ1v) is 7.51. The molecule has 0 aliphatic carbocycles. The summed E-state index contributed by atoms with van der Waals surface area (Å²) in [4.78, 5) is 8.37. The molecule has 0 saturated heterocycles. The van der Waals surface area contributed by atoms with E-state index in [4.69, 9.17) is 23.2 Å². The van der Waals surface area contributed by atoms with Crippen molar-refractivity contribution in [2.24, 2.45) is 0 Å². The third-order valence-corrected chi connectivity index (χ3v) is 3.89. The zero-order valence-corrected chi connectivity index (χ0v) is 13.1. The van der Waals surface area contributed by atoms with Crippen LogP contribution in [-0.2, 0) is 6.54 Å². The quantitative estimate of drug-likeness (QED) is 0.752. The monoisotopic (exact) mass is 336 g/mol. The predicted molar refractivity (Wildman–Crippen MR) is 86.1 cm³/mol. The highest BCUT2D eigenvalue weighted by Crippen LogP contribution is 2.25. The summed E-state index contributed by atoms with van der Waals surface area (Å²) in [5, 5.41) is 14.4. The number of nitrogens with zero attached hydrogens (tertiary/aromatic N) is 3. The number of aliphatic hydroxyl groups is 1. The number of aromatic nitrogens is 3. The number of fused-ring (bicyclic) bond motifs is 1. The predicted octanol–water partition coefficient (Wildman–Crippen LogP) is 2.86. The summed E-state index contributed by atoms with van der Waals surface area (Å²) in [6.07, 6.45) is 4.66. The minimum Gasteiger partial charge on any atom is -0.387 e. The number of imidazole rings is 1. The maximum absolute atomic E-state index is 10.2. The number of hydrogen-bond acceptors (Lipinski definition) is 4. The molecule has 1 unspecified atom stereocenters. The summed E-state index contributed by atoms with van der Waals surface area (Å²) in [6.45, 7) is 0.935.